The van der Waals surface area contributed by atoms with E-state index in [1.807, 2.05) is 13.0 Å². The van der Waals surface area contributed by atoms with E-state index in [0.717, 1.165) is 24.2 Å². The molecule has 2 aromatic heterocycles. The lowest BCUT2D eigenvalue weighted by Gasteiger charge is -2.04. The van der Waals surface area contributed by atoms with Crippen LogP contribution in [0.3, 0.4) is 0 Å². The number of nitrogens with zero attached hydrogens (tertiary/aromatic N) is 3. The van der Waals surface area contributed by atoms with Crippen LogP contribution in [0.25, 0.3) is 11.3 Å². The van der Waals surface area contributed by atoms with Crippen LogP contribution in [0.5, 0.6) is 0 Å². The first kappa shape index (κ1) is 15.5. The fourth-order valence-corrected chi connectivity index (χ4v) is 2.35. The first-order valence-electron chi connectivity index (χ1n) is 6.94. The van der Waals surface area contributed by atoms with Crippen molar-refractivity contribution in [3.63, 3.8) is 0 Å². The van der Waals surface area contributed by atoms with Gasteiger partial charge in [0.15, 0.2) is 0 Å². The molecule has 6 heteroatoms. The summed E-state index contributed by atoms with van der Waals surface area (Å²) in [5, 5.41) is 4.86. The van der Waals surface area contributed by atoms with Crippen LogP contribution in [0, 0.1) is 6.92 Å². The number of ether oxygens (including phenoxy) is 1. The van der Waals surface area contributed by atoms with Crippen LogP contribution in [-0.4, -0.2) is 27.3 Å². The normalized spacial score (nSPS) is 10.7. The van der Waals surface area contributed by atoms with Gasteiger partial charge in [0.05, 0.1) is 6.61 Å². The van der Waals surface area contributed by atoms with Gasteiger partial charge in [0, 0.05) is 24.0 Å². The molecule has 2 heterocycles. The highest BCUT2D eigenvalue weighted by Gasteiger charge is 2.19. The molecule has 0 aliphatic heterocycles. The lowest BCUT2D eigenvalue weighted by molar-refractivity contribution is 0.0527. The van der Waals surface area contributed by atoms with Gasteiger partial charge in [0.2, 0.25) is 0 Å². The summed E-state index contributed by atoms with van der Waals surface area (Å²) in [6.45, 7) is 6.75. The van der Waals surface area contributed by atoms with Crippen molar-refractivity contribution in [2.24, 2.45) is 0 Å². The third-order valence-corrected chi connectivity index (χ3v) is 3.10. The quantitative estimate of drug-likeness (QED) is 0.626. The third-order valence-electron chi connectivity index (χ3n) is 2.91. The first-order valence-corrected chi connectivity index (χ1v) is 7.32. The molecule has 0 spiro atoms. The molecule has 0 radical (unpaired) electrons. The van der Waals surface area contributed by atoms with Gasteiger partial charge in [-0.3, -0.25) is 4.68 Å². The number of hydrogen-bond acceptors (Lipinski definition) is 4. The number of pyridine rings is 1. The summed E-state index contributed by atoms with van der Waals surface area (Å²) in [4.78, 5) is 16.2. The van der Waals surface area contributed by atoms with Gasteiger partial charge in [0.1, 0.15) is 16.4 Å². The molecule has 0 aromatic carbocycles. The SMILES string of the molecule is CCCn1cc(C(=O)OCC)c(-c2cc(C)nc(Cl)c2)n1. The van der Waals surface area contributed by atoms with Crippen LogP contribution in [0.4, 0.5) is 0 Å². The summed E-state index contributed by atoms with van der Waals surface area (Å²) in [5.41, 5.74) is 2.57. The second-order valence-corrected chi connectivity index (χ2v) is 5.08. The maximum absolute atomic E-state index is 12.1. The molecule has 0 aliphatic carbocycles. The van der Waals surface area contributed by atoms with Crippen LogP contribution >= 0.6 is 11.6 Å². The molecule has 0 atom stereocenters. The zero-order chi connectivity index (χ0) is 15.4. The number of aryl methyl sites for hydroxylation is 2. The Bertz CT molecular complexity index is 632. The van der Waals surface area contributed by atoms with E-state index in [4.69, 9.17) is 16.3 Å². The van der Waals surface area contributed by atoms with Gasteiger partial charge in [-0.25, -0.2) is 9.78 Å². The van der Waals surface area contributed by atoms with Gasteiger partial charge in [-0.2, -0.15) is 5.10 Å². The molecule has 5 nitrogen and oxygen atoms in total. The first-order chi connectivity index (χ1) is 10.0. The molecule has 0 amide bonds. The zero-order valence-corrected chi connectivity index (χ0v) is 13.1. The Labute approximate surface area is 128 Å². The van der Waals surface area contributed by atoms with Gasteiger partial charge in [-0.1, -0.05) is 18.5 Å². The van der Waals surface area contributed by atoms with E-state index in [2.05, 4.69) is 17.0 Å². The molecular weight excluding hydrogens is 290 g/mol. The molecule has 21 heavy (non-hydrogen) atoms. The summed E-state index contributed by atoms with van der Waals surface area (Å²) in [6.07, 6.45) is 2.65. The fraction of sp³-hybridized carbons (Fsp3) is 0.400. The Morgan fingerprint density at radius 1 is 1.38 bits per heavy atom. The highest BCUT2D eigenvalue weighted by Crippen LogP contribution is 2.25. The Kier molecular flexibility index (Phi) is 4.96. The predicted molar refractivity (Wildman–Crippen MR) is 81.5 cm³/mol. The van der Waals surface area contributed by atoms with Crippen molar-refractivity contribution >= 4 is 17.6 Å². The fourth-order valence-electron chi connectivity index (χ4n) is 2.10. The Morgan fingerprint density at radius 2 is 2.14 bits per heavy atom. The minimum atomic E-state index is -0.375. The Balaban J connectivity index is 2.51. The summed E-state index contributed by atoms with van der Waals surface area (Å²) >= 11 is 6.00. The molecule has 0 N–H and O–H groups in total. The average molecular weight is 308 g/mol. The van der Waals surface area contributed by atoms with Gasteiger partial charge in [-0.15, -0.1) is 0 Å². The monoisotopic (exact) mass is 307 g/mol. The molecule has 0 unspecified atom stereocenters. The Morgan fingerprint density at radius 3 is 2.76 bits per heavy atom. The third kappa shape index (κ3) is 3.61. The number of hydrogen-bond donors (Lipinski definition) is 0. The van der Waals surface area contributed by atoms with E-state index in [-0.39, 0.29) is 5.97 Å². The van der Waals surface area contributed by atoms with Crippen LogP contribution in [0.2, 0.25) is 5.15 Å². The number of halogens is 1. The topological polar surface area (TPSA) is 57.0 Å². The van der Waals surface area contributed by atoms with Crippen molar-refractivity contribution in [2.45, 2.75) is 33.7 Å². The van der Waals surface area contributed by atoms with Crippen LogP contribution in [0.1, 0.15) is 36.3 Å². The van der Waals surface area contributed by atoms with E-state index in [0.29, 0.717) is 23.0 Å². The summed E-state index contributed by atoms with van der Waals surface area (Å²) < 4.78 is 6.86. The number of carbonyl (C=O) groups excluding carboxylic acids is 1. The maximum atomic E-state index is 12.1. The number of carbonyl (C=O) groups is 1. The minimum Gasteiger partial charge on any atom is -0.462 e. The van der Waals surface area contributed by atoms with Crippen molar-refractivity contribution < 1.29 is 9.53 Å². The molecule has 2 aromatic rings. The average Bonchev–Trinajstić information content (AvgIpc) is 2.82. The van der Waals surface area contributed by atoms with E-state index in [9.17, 15) is 4.79 Å². The molecule has 0 bridgehead atoms. The minimum absolute atomic E-state index is 0.327. The van der Waals surface area contributed by atoms with Gasteiger partial charge in [-0.05, 0) is 32.4 Å². The molecule has 112 valence electrons. The largest absolute Gasteiger partial charge is 0.462 e. The maximum Gasteiger partial charge on any atom is 0.341 e. The van der Waals surface area contributed by atoms with Crippen LogP contribution < -0.4 is 0 Å². The zero-order valence-electron chi connectivity index (χ0n) is 12.4. The lowest BCUT2D eigenvalue weighted by atomic mass is 10.1. The summed E-state index contributed by atoms with van der Waals surface area (Å²) in [7, 11) is 0. The highest BCUT2D eigenvalue weighted by atomic mass is 35.5. The second-order valence-electron chi connectivity index (χ2n) is 4.69. The number of aromatic nitrogens is 3. The predicted octanol–water partition coefficient (Wildman–Crippen LogP) is 3.49. The van der Waals surface area contributed by atoms with E-state index in [1.165, 1.54) is 0 Å². The highest BCUT2D eigenvalue weighted by molar-refractivity contribution is 6.29. The molecule has 0 saturated carbocycles. The van der Waals surface area contributed by atoms with E-state index >= 15 is 0 Å². The standard InChI is InChI=1S/C15H18ClN3O2/c1-4-6-19-9-12(15(20)21-5-2)14(18-19)11-7-10(3)17-13(16)8-11/h7-9H,4-6H2,1-3H3. The van der Waals surface area contributed by atoms with Crippen molar-refractivity contribution in [2.75, 3.05) is 6.61 Å². The summed E-state index contributed by atoms with van der Waals surface area (Å²) in [6, 6.07) is 3.56. The molecular formula is C15H18ClN3O2. The number of esters is 1. The van der Waals surface area contributed by atoms with Crippen LogP contribution in [0.15, 0.2) is 18.3 Å². The molecule has 0 fully saturated rings. The summed E-state index contributed by atoms with van der Waals surface area (Å²) in [5.74, 6) is -0.375. The smallest absolute Gasteiger partial charge is 0.341 e. The lowest BCUT2D eigenvalue weighted by Crippen LogP contribution is -2.05. The number of rotatable bonds is 5. The van der Waals surface area contributed by atoms with Crippen molar-refractivity contribution in [1.29, 1.82) is 0 Å². The molecule has 0 saturated heterocycles. The van der Waals surface area contributed by atoms with Gasteiger partial charge in [0.25, 0.3) is 0 Å². The van der Waals surface area contributed by atoms with Crippen LogP contribution in [-0.2, 0) is 11.3 Å². The molecule has 0 aliphatic rings. The van der Waals surface area contributed by atoms with Gasteiger partial charge >= 0.3 is 5.97 Å². The van der Waals surface area contributed by atoms with Gasteiger partial charge < -0.3 is 4.74 Å². The van der Waals surface area contributed by atoms with E-state index in [1.54, 1.807) is 23.9 Å². The van der Waals surface area contributed by atoms with Crippen molar-refractivity contribution in [1.82, 2.24) is 14.8 Å². The van der Waals surface area contributed by atoms with E-state index < -0.39 is 0 Å². The molecule has 2 rings (SSSR count). The Hall–Kier alpha value is -1.88. The van der Waals surface area contributed by atoms with Crippen molar-refractivity contribution in [3.05, 3.63) is 34.7 Å². The second kappa shape index (κ2) is 6.72. The van der Waals surface area contributed by atoms with Crippen molar-refractivity contribution in [3.8, 4) is 11.3 Å².